The number of anilines is 1. The van der Waals surface area contributed by atoms with E-state index in [9.17, 15) is 0 Å². The lowest BCUT2D eigenvalue weighted by molar-refractivity contribution is 0.415. The van der Waals surface area contributed by atoms with Crippen molar-refractivity contribution in [2.75, 3.05) is 12.5 Å². The number of nitrogens with one attached hydrogen (secondary N) is 1. The highest BCUT2D eigenvalue weighted by Gasteiger charge is 2.04. The van der Waals surface area contributed by atoms with Crippen molar-refractivity contribution in [1.82, 2.24) is 4.98 Å². The first-order valence-electron chi connectivity index (χ1n) is 6.96. The zero-order valence-electron chi connectivity index (χ0n) is 12.8. The van der Waals surface area contributed by atoms with Gasteiger partial charge in [0.2, 0.25) is 0 Å². The third-order valence-electron chi connectivity index (χ3n) is 3.35. The molecule has 1 aromatic carbocycles. The van der Waals surface area contributed by atoms with Crippen LogP contribution in [0.5, 0.6) is 5.75 Å². The van der Waals surface area contributed by atoms with E-state index in [1.165, 1.54) is 4.88 Å². The molecule has 0 aliphatic carbocycles. The third-order valence-corrected chi connectivity index (χ3v) is 4.29. The highest BCUT2D eigenvalue weighted by molar-refractivity contribution is 7.13. The van der Waals surface area contributed by atoms with E-state index >= 15 is 0 Å². The molecular formula is C17H17N3OS. The summed E-state index contributed by atoms with van der Waals surface area (Å²) in [6.07, 6.45) is 1.81. The summed E-state index contributed by atoms with van der Waals surface area (Å²) in [5.74, 6) is 1.57. The fourth-order valence-corrected chi connectivity index (χ4v) is 2.99. The number of hydrazone groups is 1. The summed E-state index contributed by atoms with van der Waals surface area (Å²) in [6.45, 7) is 4.14. The van der Waals surface area contributed by atoms with Crippen LogP contribution in [0.1, 0.15) is 15.3 Å². The lowest BCUT2D eigenvalue weighted by Crippen LogP contribution is -1.95. The Morgan fingerprint density at radius 2 is 2.05 bits per heavy atom. The van der Waals surface area contributed by atoms with Crippen LogP contribution in [0.25, 0.3) is 10.9 Å². The molecule has 2 heterocycles. The molecule has 0 fully saturated rings. The van der Waals surface area contributed by atoms with Crippen LogP contribution in [0.15, 0.2) is 41.5 Å². The van der Waals surface area contributed by atoms with Crippen LogP contribution in [-0.2, 0) is 0 Å². The van der Waals surface area contributed by atoms with E-state index in [1.807, 2.05) is 30.5 Å². The maximum atomic E-state index is 5.26. The van der Waals surface area contributed by atoms with Gasteiger partial charge in [0.25, 0.3) is 0 Å². The molecule has 3 rings (SSSR count). The molecular weight excluding hydrogens is 294 g/mol. The minimum absolute atomic E-state index is 0.736. The first-order valence-corrected chi connectivity index (χ1v) is 7.78. The standard InChI is InChI=1S/C17H17N3OS/c1-11-8-17(20-18-10-14-6-4-12(2)22-14)19-16-7-5-13(21-3)9-15(11)16/h4-10H,1-3H3,(H,19,20). The number of thiophene rings is 1. The van der Waals surface area contributed by atoms with Gasteiger partial charge in [-0.2, -0.15) is 5.10 Å². The molecule has 5 heteroatoms. The van der Waals surface area contributed by atoms with Crippen LogP contribution in [0, 0.1) is 13.8 Å². The van der Waals surface area contributed by atoms with E-state index in [0.29, 0.717) is 0 Å². The second-order valence-electron chi connectivity index (χ2n) is 5.03. The Kier molecular flexibility index (Phi) is 4.06. The van der Waals surface area contributed by atoms with Crippen molar-refractivity contribution in [2.45, 2.75) is 13.8 Å². The second kappa shape index (κ2) is 6.15. The first-order chi connectivity index (χ1) is 10.7. The summed E-state index contributed by atoms with van der Waals surface area (Å²) in [6, 6.07) is 12.0. The molecule has 0 saturated carbocycles. The van der Waals surface area contributed by atoms with Gasteiger partial charge in [-0.05, 0) is 55.8 Å². The minimum Gasteiger partial charge on any atom is -0.497 e. The van der Waals surface area contributed by atoms with Crippen LogP contribution >= 0.6 is 11.3 Å². The Morgan fingerprint density at radius 1 is 1.18 bits per heavy atom. The number of rotatable bonds is 4. The van der Waals surface area contributed by atoms with Crippen molar-refractivity contribution in [2.24, 2.45) is 5.10 Å². The molecule has 0 unspecified atom stereocenters. The normalized spacial score (nSPS) is 11.2. The van der Waals surface area contributed by atoms with Gasteiger partial charge in [0.05, 0.1) is 18.8 Å². The molecule has 22 heavy (non-hydrogen) atoms. The van der Waals surface area contributed by atoms with Gasteiger partial charge >= 0.3 is 0 Å². The highest BCUT2D eigenvalue weighted by Crippen LogP contribution is 2.24. The lowest BCUT2D eigenvalue weighted by Gasteiger charge is -2.07. The van der Waals surface area contributed by atoms with Crippen molar-refractivity contribution in [1.29, 1.82) is 0 Å². The zero-order valence-corrected chi connectivity index (χ0v) is 13.6. The lowest BCUT2D eigenvalue weighted by atomic mass is 10.1. The number of methoxy groups -OCH3 is 1. The summed E-state index contributed by atoms with van der Waals surface area (Å²) in [4.78, 5) is 6.96. The van der Waals surface area contributed by atoms with Gasteiger partial charge < -0.3 is 4.74 Å². The predicted molar refractivity (Wildman–Crippen MR) is 93.3 cm³/mol. The van der Waals surface area contributed by atoms with Gasteiger partial charge in [0.1, 0.15) is 11.6 Å². The quantitative estimate of drug-likeness (QED) is 0.575. The molecule has 0 aliphatic heterocycles. The number of hydrogen-bond acceptors (Lipinski definition) is 5. The number of aromatic nitrogens is 1. The Morgan fingerprint density at radius 3 is 2.77 bits per heavy atom. The molecule has 0 radical (unpaired) electrons. The second-order valence-corrected chi connectivity index (χ2v) is 6.35. The van der Waals surface area contributed by atoms with E-state index in [4.69, 9.17) is 4.74 Å². The van der Waals surface area contributed by atoms with Crippen LogP contribution in [0.4, 0.5) is 5.82 Å². The Labute approximate surface area is 133 Å². The molecule has 0 saturated heterocycles. The Hall–Kier alpha value is -2.40. The van der Waals surface area contributed by atoms with Gasteiger partial charge in [-0.15, -0.1) is 11.3 Å². The SMILES string of the molecule is COc1ccc2nc(NN=Cc3ccc(C)s3)cc(C)c2c1. The summed E-state index contributed by atoms with van der Waals surface area (Å²) in [5.41, 5.74) is 5.05. The molecule has 0 bridgehead atoms. The number of benzene rings is 1. The van der Waals surface area contributed by atoms with Gasteiger partial charge in [-0.1, -0.05) is 0 Å². The van der Waals surface area contributed by atoms with E-state index in [-0.39, 0.29) is 0 Å². The fourth-order valence-electron chi connectivity index (χ4n) is 2.24. The molecule has 0 aliphatic rings. The summed E-state index contributed by atoms with van der Waals surface area (Å²) in [5, 5.41) is 5.34. The van der Waals surface area contributed by atoms with Gasteiger partial charge in [0.15, 0.2) is 0 Å². The van der Waals surface area contributed by atoms with Crippen LogP contribution in [0.3, 0.4) is 0 Å². The Bertz CT molecular complexity index is 839. The molecule has 0 amide bonds. The molecule has 3 aromatic rings. The Balaban J connectivity index is 1.84. The summed E-state index contributed by atoms with van der Waals surface area (Å²) >= 11 is 1.71. The average molecular weight is 311 g/mol. The number of ether oxygens (including phenoxy) is 1. The minimum atomic E-state index is 0.736. The van der Waals surface area contributed by atoms with Crippen molar-refractivity contribution < 1.29 is 4.74 Å². The number of nitrogens with zero attached hydrogens (tertiary/aromatic N) is 2. The number of aryl methyl sites for hydroxylation is 2. The van der Waals surface area contributed by atoms with E-state index in [0.717, 1.165) is 32.9 Å². The predicted octanol–water partition coefficient (Wildman–Crippen LogP) is 4.37. The van der Waals surface area contributed by atoms with Crippen molar-refractivity contribution in [3.8, 4) is 5.75 Å². The third kappa shape index (κ3) is 3.09. The number of hydrogen-bond donors (Lipinski definition) is 1. The number of pyridine rings is 1. The van der Waals surface area contributed by atoms with Crippen LogP contribution < -0.4 is 10.2 Å². The van der Waals surface area contributed by atoms with E-state index in [2.05, 4.69) is 41.5 Å². The van der Waals surface area contributed by atoms with Gasteiger partial charge in [0, 0.05) is 15.1 Å². The summed E-state index contributed by atoms with van der Waals surface area (Å²) < 4.78 is 5.26. The highest BCUT2D eigenvalue weighted by atomic mass is 32.1. The molecule has 0 spiro atoms. The van der Waals surface area contributed by atoms with Crippen molar-refractivity contribution >= 4 is 34.3 Å². The molecule has 2 aromatic heterocycles. The van der Waals surface area contributed by atoms with Gasteiger partial charge in [-0.25, -0.2) is 4.98 Å². The maximum absolute atomic E-state index is 5.26. The first kappa shape index (κ1) is 14.5. The average Bonchev–Trinajstić information content (AvgIpc) is 2.92. The largest absolute Gasteiger partial charge is 0.497 e. The monoisotopic (exact) mass is 311 g/mol. The molecule has 4 nitrogen and oxygen atoms in total. The van der Waals surface area contributed by atoms with Crippen molar-refractivity contribution in [3.63, 3.8) is 0 Å². The smallest absolute Gasteiger partial charge is 0.147 e. The van der Waals surface area contributed by atoms with Crippen LogP contribution in [-0.4, -0.2) is 18.3 Å². The van der Waals surface area contributed by atoms with Crippen molar-refractivity contribution in [3.05, 3.63) is 51.7 Å². The number of fused-ring (bicyclic) bond motifs is 1. The maximum Gasteiger partial charge on any atom is 0.147 e. The fraction of sp³-hybridized carbons (Fsp3) is 0.176. The van der Waals surface area contributed by atoms with E-state index < -0.39 is 0 Å². The van der Waals surface area contributed by atoms with E-state index in [1.54, 1.807) is 18.4 Å². The van der Waals surface area contributed by atoms with Gasteiger partial charge in [-0.3, -0.25) is 5.43 Å². The zero-order chi connectivity index (χ0) is 15.5. The molecule has 1 N–H and O–H groups in total. The molecule has 0 atom stereocenters. The molecule has 112 valence electrons. The topological polar surface area (TPSA) is 46.5 Å². The summed E-state index contributed by atoms with van der Waals surface area (Å²) in [7, 11) is 1.67. The van der Waals surface area contributed by atoms with Crippen LogP contribution in [0.2, 0.25) is 0 Å².